The van der Waals surface area contributed by atoms with Crippen LogP contribution in [0.3, 0.4) is 0 Å². The highest BCUT2D eigenvalue weighted by molar-refractivity contribution is 5.27. The molecule has 0 aromatic heterocycles. The van der Waals surface area contributed by atoms with Crippen LogP contribution in [0.25, 0.3) is 0 Å². The zero-order valence-corrected chi connectivity index (χ0v) is 12.7. The Balaban J connectivity index is 1.37. The van der Waals surface area contributed by atoms with Crippen molar-refractivity contribution in [1.29, 1.82) is 0 Å². The normalized spacial score (nSPS) is 25.9. The highest BCUT2D eigenvalue weighted by Crippen LogP contribution is 2.37. The molecule has 0 saturated heterocycles. The van der Waals surface area contributed by atoms with Crippen molar-refractivity contribution in [2.24, 2.45) is 0 Å². The molecule has 0 amide bonds. The fourth-order valence-electron chi connectivity index (χ4n) is 3.55. The molecular formula is C19H27N. The third kappa shape index (κ3) is 3.52. The van der Waals surface area contributed by atoms with Gasteiger partial charge in [0.1, 0.15) is 0 Å². The second-order valence-electron chi connectivity index (χ2n) is 6.59. The smallest absolute Gasteiger partial charge is 0.00788 e. The zero-order chi connectivity index (χ0) is 13.8. The largest absolute Gasteiger partial charge is 0.314 e. The predicted octanol–water partition coefficient (Wildman–Crippen LogP) is 4.72. The van der Waals surface area contributed by atoms with Crippen LogP contribution in [0.1, 0.15) is 62.0 Å². The zero-order valence-electron chi connectivity index (χ0n) is 12.7. The number of hydrogen-bond acceptors (Lipinski definition) is 1. The van der Waals surface area contributed by atoms with Crippen LogP contribution in [0.2, 0.25) is 0 Å². The van der Waals surface area contributed by atoms with Crippen molar-refractivity contribution >= 4 is 0 Å². The Kier molecular flexibility index (Phi) is 4.57. The molecule has 20 heavy (non-hydrogen) atoms. The summed E-state index contributed by atoms with van der Waals surface area (Å²) in [6.07, 6.45) is 11.9. The van der Waals surface area contributed by atoms with Crippen LogP contribution in [0.15, 0.2) is 35.9 Å². The molecule has 0 aliphatic heterocycles. The van der Waals surface area contributed by atoms with Gasteiger partial charge in [-0.05, 0) is 69.9 Å². The van der Waals surface area contributed by atoms with Crippen molar-refractivity contribution < 1.29 is 0 Å². The van der Waals surface area contributed by atoms with E-state index in [9.17, 15) is 0 Å². The molecule has 1 nitrogen and oxygen atoms in total. The molecule has 3 rings (SSSR count). The Labute approximate surface area is 123 Å². The highest BCUT2D eigenvalue weighted by Gasteiger charge is 2.29. The van der Waals surface area contributed by atoms with Gasteiger partial charge in [-0.25, -0.2) is 0 Å². The summed E-state index contributed by atoms with van der Waals surface area (Å²) in [7, 11) is 0. The van der Waals surface area contributed by atoms with Crippen molar-refractivity contribution in [2.75, 3.05) is 6.54 Å². The van der Waals surface area contributed by atoms with E-state index in [0.29, 0.717) is 0 Å². The lowest BCUT2D eigenvalue weighted by Gasteiger charge is -2.36. The number of allylic oxidation sites excluding steroid dienone is 1. The first-order valence-electron chi connectivity index (χ1n) is 8.29. The molecule has 2 aliphatic carbocycles. The van der Waals surface area contributed by atoms with Gasteiger partial charge in [-0.3, -0.25) is 0 Å². The average molecular weight is 269 g/mol. The molecule has 1 heteroatoms. The van der Waals surface area contributed by atoms with Crippen LogP contribution in [-0.2, 0) is 0 Å². The average Bonchev–Trinajstić information content (AvgIpc) is 2.42. The summed E-state index contributed by atoms with van der Waals surface area (Å²) in [5, 5.41) is 3.74. The Bertz CT molecular complexity index is 468. The van der Waals surface area contributed by atoms with Crippen LogP contribution in [0, 0.1) is 6.92 Å². The lowest BCUT2D eigenvalue weighted by molar-refractivity contribution is 0.292. The topological polar surface area (TPSA) is 12.0 Å². The van der Waals surface area contributed by atoms with Crippen LogP contribution < -0.4 is 5.32 Å². The Morgan fingerprint density at radius 1 is 1.20 bits per heavy atom. The fraction of sp³-hybridized carbons (Fsp3) is 0.579. The van der Waals surface area contributed by atoms with Crippen LogP contribution in [-0.4, -0.2) is 12.6 Å². The number of hydrogen-bond donors (Lipinski definition) is 1. The fourth-order valence-corrected chi connectivity index (χ4v) is 3.55. The summed E-state index contributed by atoms with van der Waals surface area (Å²) in [6, 6.07) is 9.79. The molecule has 0 bridgehead atoms. The summed E-state index contributed by atoms with van der Waals surface area (Å²) < 4.78 is 0. The summed E-state index contributed by atoms with van der Waals surface area (Å²) >= 11 is 0. The van der Waals surface area contributed by atoms with Gasteiger partial charge in [-0.1, -0.05) is 41.5 Å². The molecule has 1 fully saturated rings. The van der Waals surface area contributed by atoms with Crippen molar-refractivity contribution in [1.82, 2.24) is 5.32 Å². The van der Waals surface area contributed by atoms with Crippen LogP contribution in [0.5, 0.6) is 0 Å². The van der Waals surface area contributed by atoms with Gasteiger partial charge in [0.05, 0.1) is 0 Å². The van der Waals surface area contributed by atoms with E-state index in [2.05, 4.69) is 42.6 Å². The molecule has 1 aromatic carbocycles. The van der Waals surface area contributed by atoms with Gasteiger partial charge in [-0.2, -0.15) is 0 Å². The van der Waals surface area contributed by atoms with Crippen LogP contribution in [0.4, 0.5) is 0 Å². The summed E-state index contributed by atoms with van der Waals surface area (Å²) in [6.45, 7) is 3.37. The number of rotatable bonds is 5. The van der Waals surface area contributed by atoms with E-state index in [-0.39, 0.29) is 0 Å². The first-order chi connectivity index (χ1) is 9.81. The molecule has 2 aliphatic rings. The molecule has 0 radical (unpaired) electrons. The first kappa shape index (κ1) is 13.9. The third-order valence-corrected chi connectivity index (χ3v) is 4.92. The predicted molar refractivity (Wildman–Crippen MR) is 86.1 cm³/mol. The molecule has 0 atom stereocenters. The molecule has 1 aromatic rings. The molecule has 108 valence electrons. The van der Waals surface area contributed by atoms with E-state index in [1.807, 2.05) is 0 Å². The Morgan fingerprint density at radius 3 is 2.85 bits per heavy atom. The van der Waals surface area contributed by atoms with Crippen molar-refractivity contribution in [3.63, 3.8) is 0 Å². The van der Waals surface area contributed by atoms with Gasteiger partial charge < -0.3 is 5.32 Å². The van der Waals surface area contributed by atoms with Crippen molar-refractivity contribution in [3.8, 4) is 0 Å². The van der Waals surface area contributed by atoms with E-state index < -0.39 is 0 Å². The second-order valence-corrected chi connectivity index (χ2v) is 6.59. The molecule has 1 saturated carbocycles. The summed E-state index contributed by atoms with van der Waals surface area (Å²) in [4.78, 5) is 0. The maximum absolute atomic E-state index is 3.74. The molecule has 1 N–H and O–H groups in total. The van der Waals surface area contributed by atoms with Crippen molar-refractivity contribution in [3.05, 3.63) is 47.0 Å². The van der Waals surface area contributed by atoms with Crippen LogP contribution >= 0.6 is 0 Å². The molecule has 0 heterocycles. The lowest BCUT2D eigenvalue weighted by atomic mass is 9.75. The quantitative estimate of drug-likeness (QED) is 0.763. The molecule has 0 spiro atoms. The summed E-state index contributed by atoms with van der Waals surface area (Å²) in [5.41, 5.74) is 4.62. The van der Waals surface area contributed by atoms with E-state index in [1.165, 1.54) is 62.6 Å². The van der Waals surface area contributed by atoms with Gasteiger partial charge in [0.2, 0.25) is 0 Å². The van der Waals surface area contributed by atoms with E-state index in [0.717, 1.165) is 12.0 Å². The van der Waals surface area contributed by atoms with Gasteiger partial charge >= 0.3 is 0 Å². The van der Waals surface area contributed by atoms with Gasteiger partial charge in [-0.15, -0.1) is 0 Å². The van der Waals surface area contributed by atoms with E-state index in [4.69, 9.17) is 0 Å². The van der Waals surface area contributed by atoms with Gasteiger partial charge in [0.15, 0.2) is 0 Å². The maximum Gasteiger partial charge on any atom is 0.00788 e. The minimum Gasteiger partial charge on any atom is -0.314 e. The summed E-state index contributed by atoms with van der Waals surface area (Å²) in [5.74, 6) is 0.793. The van der Waals surface area contributed by atoms with Gasteiger partial charge in [0, 0.05) is 6.04 Å². The minimum absolute atomic E-state index is 0.754. The minimum atomic E-state index is 0.754. The van der Waals surface area contributed by atoms with Gasteiger partial charge in [0.25, 0.3) is 0 Å². The highest BCUT2D eigenvalue weighted by atomic mass is 14.9. The number of nitrogens with one attached hydrogen (secondary N) is 1. The monoisotopic (exact) mass is 269 g/mol. The SMILES string of the molecule is Cc1cccc(C2CC(NCCC3=CCCCC3)C2)c1. The lowest BCUT2D eigenvalue weighted by Crippen LogP contribution is -2.40. The Morgan fingerprint density at radius 2 is 2.10 bits per heavy atom. The van der Waals surface area contributed by atoms with E-state index >= 15 is 0 Å². The Hall–Kier alpha value is -1.08. The third-order valence-electron chi connectivity index (χ3n) is 4.92. The first-order valence-corrected chi connectivity index (χ1v) is 8.29. The maximum atomic E-state index is 3.74. The van der Waals surface area contributed by atoms with Crippen molar-refractivity contribution in [2.45, 2.75) is 63.8 Å². The second kappa shape index (κ2) is 6.58. The molecule has 0 unspecified atom stereocenters. The van der Waals surface area contributed by atoms with E-state index in [1.54, 1.807) is 5.57 Å². The number of benzene rings is 1. The standard InChI is InChI=1S/C19H27N/c1-15-6-5-9-17(12-15)18-13-19(14-18)20-11-10-16-7-3-2-4-8-16/h5-7,9,12,18-20H,2-4,8,10-11,13-14H2,1H3. The molecular weight excluding hydrogens is 242 g/mol. The number of aryl methyl sites for hydroxylation is 1.